The van der Waals surface area contributed by atoms with Gasteiger partial charge in [0.2, 0.25) is 0 Å². The fourth-order valence-corrected chi connectivity index (χ4v) is 4.66. The van der Waals surface area contributed by atoms with E-state index in [4.69, 9.17) is 0 Å². The van der Waals surface area contributed by atoms with Gasteiger partial charge in [-0.05, 0) is 50.3 Å². The van der Waals surface area contributed by atoms with Crippen LogP contribution in [0.1, 0.15) is 55.5 Å². The van der Waals surface area contributed by atoms with Gasteiger partial charge in [0.1, 0.15) is 0 Å². The van der Waals surface area contributed by atoms with Gasteiger partial charge in [-0.2, -0.15) is 12.6 Å². The summed E-state index contributed by atoms with van der Waals surface area (Å²) < 4.78 is 0. The maximum Gasteiger partial charge on any atom is 0.188 e. The molecule has 0 atom stereocenters. The van der Waals surface area contributed by atoms with Gasteiger partial charge in [-0.3, -0.25) is 0 Å². The highest BCUT2D eigenvalue weighted by Gasteiger charge is 2.30. The minimum absolute atomic E-state index is 0.389. The second-order valence-corrected chi connectivity index (χ2v) is 7.42. The van der Waals surface area contributed by atoms with Crippen LogP contribution in [0.25, 0.3) is 0 Å². The average molecular weight is 311 g/mol. The summed E-state index contributed by atoms with van der Waals surface area (Å²) in [5.74, 6) is 2.10. The second-order valence-electron chi connectivity index (χ2n) is 6.16. The van der Waals surface area contributed by atoms with Crippen LogP contribution in [0.2, 0.25) is 0 Å². The molecule has 0 aliphatic heterocycles. The average Bonchev–Trinajstić information content (AvgIpc) is 2.68. The van der Waals surface area contributed by atoms with E-state index in [0.29, 0.717) is 5.41 Å². The highest BCUT2D eigenvalue weighted by Crippen LogP contribution is 2.40. The highest BCUT2D eigenvalue weighted by atomic mass is 32.2. The van der Waals surface area contributed by atoms with E-state index in [1.165, 1.54) is 44.1 Å². The van der Waals surface area contributed by atoms with Gasteiger partial charge in [-0.1, -0.05) is 37.4 Å². The molecule has 4 heteroatoms. The lowest BCUT2D eigenvalue weighted by Gasteiger charge is -2.30. The van der Waals surface area contributed by atoms with Gasteiger partial charge in [0.05, 0.1) is 0 Å². The van der Waals surface area contributed by atoms with Crippen LogP contribution >= 0.6 is 24.4 Å². The summed E-state index contributed by atoms with van der Waals surface area (Å²) >= 11 is 6.47. The van der Waals surface area contributed by atoms with Crippen LogP contribution in [0.5, 0.6) is 0 Å². The summed E-state index contributed by atoms with van der Waals surface area (Å²) in [6.07, 6.45) is 8.11. The van der Waals surface area contributed by atoms with Gasteiger partial charge in [0.15, 0.2) is 5.16 Å². The number of rotatable bonds is 4. The van der Waals surface area contributed by atoms with Gasteiger partial charge in [-0.15, -0.1) is 0 Å². The third kappa shape index (κ3) is 3.91. The topological polar surface area (TPSA) is 25.8 Å². The van der Waals surface area contributed by atoms with Gasteiger partial charge < -0.3 is 0 Å². The Balaban J connectivity index is 2.06. The van der Waals surface area contributed by atoms with Crippen molar-refractivity contribution < 1.29 is 0 Å². The number of thiol groups is 1. The fourth-order valence-electron chi connectivity index (χ4n) is 2.85. The molecular formula is C16H26N2S2. The maximum absolute atomic E-state index is 4.65. The minimum Gasteiger partial charge on any atom is -0.228 e. The lowest BCUT2D eigenvalue weighted by Crippen LogP contribution is -2.25. The van der Waals surface area contributed by atoms with Crippen molar-refractivity contribution >= 4 is 24.4 Å². The third-order valence-corrected chi connectivity index (χ3v) is 6.49. The van der Waals surface area contributed by atoms with Crippen LogP contribution in [0.15, 0.2) is 5.16 Å². The predicted molar refractivity (Wildman–Crippen MR) is 91.0 cm³/mol. The van der Waals surface area contributed by atoms with Crippen molar-refractivity contribution in [3.63, 3.8) is 0 Å². The summed E-state index contributed by atoms with van der Waals surface area (Å²) in [5.41, 5.74) is 3.83. The Morgan fingerprint density at radius 2 is 1.55 bits per heavy atom. The van der Waals surface area contributed by atoms with E-state index in [2.05, 4.69) is 43.4 Å². The Morgan fingerprint density at radius 1 is 1.00 bits per heavy atom. The van der Waals surface area contributed by atoms with Crippen molar-refractivity contribution in [1.29, 1.82) is 0 Å². The summed E-state index contributed by atoms with van der Waals surface area (Å²) in [4.78, 5) is 9.27. The molecule has 112 valence electrons. The first-order valence-electron chi connectivity index (χ1n) is 7.62. The molecule has 1 aromatic rings. The highest BCUT2D eigenvalue weighted by molar-refractivity contribution is 7.99. The first kappa shape index (κ1) is 16.2. The van der Waals surface area contributed by atoms with Crippen LogP contribution in [-0.4, -0.2) is 21.5 Å². The first-order valence-corrected chi connectivity index (χ1v) is 9.24. The van der Waals surface area contributed by atoms with Crippen LogP contribution in [0, 0.1) is 26.2 Å². The molecule has 0 bridgehead atoms. The lowest BCUT2D eigenvalue weighted by molar-refractivity contribution is 0.332. The molecule has 0 spiro atoms. The van der Waals surface area contributed by atoms with E-state index in [1.54, 1.807) is 0 Å². The van der Waals surface area contributed by atoms with Crippen molar-refractivity contribution in [2.75, 3.05) is 11.5 Å². The van der Waals surface area contributed by atoms with Gasteiger partial charge in [-0.25, -0.2) is 9.97 Å². The van der Waals surface area contributed by atoms with Gasteiger partial charge >= 0.3 is 0 Å². The predicted octanol–water partition coefficient (Wildman–Crippen LogP) is 4.76. The molecule has 2 rings (SSSR count). The second kappa shape index (κ2) is 7.17. The molecule has 0 unspecified atom stereocenters. The number of thioether (sulfide) groups is 1. The van der Waals surface area contributed by atoms with Crippen molar-refractivity contribution in [3.05, 3.63) is 17.0 Å². The zero-order chi connectivity index (χ0) is 14.6. The van der Waals surface area contributed by atoms with Crippen LogP contribution in [0.4, 0.5) is 0 Å². The Labute approximate surface area is 133 Å². The largest absolute Gasteiger partial charge is 0.228 e. The monoisotopic (exact) mass is 310 g/mol. The summed E-state index contributed by atoms with van der Waals surface area (Å²) in [6, 6.07) is 0. The maximum atomic E-state index is 4.65. The fraction of sp³-hybridized carbons (Fsp3) is 0.750. The van der Waals surface area contributed by atoms with E-state index in [9.17, 15) is 0 Å². The minimum atomic E-state index is 0.389. The summed E-state index contributed by atoms with van der Waals surface area (Å²) in [5, 5.41) is 0.941. The number of nitrogens with zero attached hydrogens (tertiary/aromatic N) is 2. The molecule has 0 saturated heterocycles. The molecule has 1 aliphatic rings. The summed E-state index contributed by atoms with van der Waals surface area (Å²) in [7, 11) is 0. The van der Waals surface area contributed by atoms with Crippen LogP contribution in [-0.2, 0) is 0 Å². The number of aryl methyl sites for hydroxylation is 2. The molecule has 1 aromatic heterocycles. The Morgan fingerprint density at radius 3 is 2.05 bits per heavy atom. The molecule has 1 heterocycles. The molecule has 0 radical (unpaired) electrons. The van der Waals surface area contributed by atoms with Crippen molar-refractivity contribution in [2.45, 2.75) is 64.5 Å². The number of aromatic nitrogens is 2. The molecule has 1 fully saturated rings. The molecule has 1 saturated carbocycles. The van der Waals surface area contributed by atoms with E-state index in [1.807, 2.05) is 11.8 Å². The molecule has 0 N–H and O–H groups in total. The SMILES string of the molecule is Cc1nc(SCC2(CS)CCCCCC2)nc(C)c1C. The first-order chi connectivity index (χ1) is 9.56. The molecular weight excluding hydrogens is 284 g/mol. The van der Waals surface area contributed by atoms with Crippen LogP contribution in [0.3, 0.4) is 0 Å². The Bertz CT molecular complexity index is 429. The zero-order valence-electron chi connectivity index (χ0n) is 12.9. The Kier molecular flexibility index (Phi) is 5.79. The Hall–Kier alpha value is -0.220. The van der Waals surface area contributed by atoms with Crippen molar-refractivity contribution in [2.24, 2.45) is 5.41 Å². The molecule has 20 heavy (non-hydrogen) atoms. The number of hydrogen-bond donors (Lipinski definition) is 1. The quantitative estimate of drug-likeness (QED) is 0.375. The zero-order valence-corrected chi connectivity index (χ0v) is 14.6. The number of hydrogen-bond acceptors (Lipinski definition) is 4. The van der Waals surface area contributed by atoms with E-state index in [0.717, 1.165) is 28.0 Å². The van der Waals surface area contributed by atoms with E-state index >= 15 is 0 Å². The third-order valence-electron chi connectivity index (χ3n) is 4.62. The van der Waals surface area contributed by atoms with E-state index < -0.39 is 0 Å². The van der Waals surface area contributed by atoms with E-state index in [-0.39, 0.29) is 0 Å². The smallest absolute Gasteiger partial charge is 0.188 e. The van der Waals surface area contributed by atoms with Crippen molar-refractivity contribution in [3.8, 4) is 0 Å². The molecule has 0 amide bonds. The lowest BCUT2D eigenvalue weighted by atomic mass is 9.84. The molecule has 0 aromatic carbocycles. The van der Waals surface area contributed by atoms with Gasteiger partial charge in [0.25, 0.3) is 0 Å². The van der Waals surface area contributed by atoms with Crippen molar-refractivity contribution in [1.82, 2.24) is 9.97 Å². The normalized spacial score (nSPS) is 18.8. The summed E-state index contributed by atoms with van der Waals surface area (Å²) in [6.45, 7) is 6.25. The standard InChI is InChI=1S/C16H26N2S2/c1-12-13(2)17-15(18-14(12)3)20-11-16(10-19)8-6-4-5-7-9-16/h19H,4-11H2,1-3H3. The molecule has 2 nitrogen and oxygen atoms in total. The molecule has 1 aliphatic carbocycles. The van der Waals surface area contributed by atoms with Crippen LogP contribution < -0.4 is 0 Å². The van der Waals surface area contributed by atoms with Gasteiger partial charge in [0, 0.05) is 17.1 Å².